The summed E-state index contributed by atoms with van der Waals surface area (Å²) in [7, 11) is 1.67. The molecular formula is C29H34FN5O2. The minimum atomic E-state index is -0.288. The van der Waals surface area contributed by atoms with Crippen LogP contribution in [-0.2, 0) is 4.79 Å². The molecule has 194 valence electrons. The number of aromatic nitrogens is 1. The van der Waals surface area contributed by atoms with Crippen LogP contribution in [0.1, 0.15) is 29.9 Å². The number of anilines is 5. The van der Waals surface area contributed by atoms with Gasteiger partial charge in [0.05, 0.1) is 12.8 Å². The highest BCUT2D eigenvalue weighted by Gasteiger charge is 2.21. The van der Waals surface area contributed by atoms with E-state index in [1.54, 1.807) is 13.3 Å². The van der Waals surface area contributed by atoms with E-state index in [0.29, 0.717) is 24.0 Å². The average Bonchev–Trinajstić information content (AvgIpc) is 2.91. The van der Waals surface area contributed by atoms with Crippen molar-refractivity contribution >= 4 is 34.5 Å². The van der Waals surface area contributed by atoms with Crippen molar-refractivity contribution in [2.75, 3.05) is 49.4 Å². The van der Waals surface area contributed by atoms with Gasteiger partial charge in [0, 0.05) is 35.9 Å². The summed E-state index contributed by atoms with van der Waals surface area (Å²) in [6.07, 6.45) is 5.08. The largest absolute Gasteiger partial charge is 0.495 e. The van der Waals surface area contributed by atoms with E-state index in [-0.39, 0.29) is 12.6 Å². The fourth-order valence-corrected chi connectivity index (χ4v) is 4.56. The lowest BCUT2D eigenvalue weighted by molar-refractivity contribution is -0.111. The number of hydrogen-bond acceptors (Lipinski definition) is 6. The van der Waals surface area contributed by atoms with Crippen LogP contribution in [0.4, 0.5) is 33.0 Å². The molecule has 1 amide bonds. The molecule has 0 aliphatic carbocycles. The number of pyridine rings is 1. The number of aryl methyl sites for hydroxylation is 1. The maximum Gasteiger partial charge on any atom is 0.247 e. The molecule has 3 N–H and O–H groups in total. The fourth-order valence-electron chi connectivity index (χ4n) is 4.56. The van der Waals surface area contributed by atoms with Crippen LogP contribution < -0.4 is 20.7 Å². The molecule has 1 aliphatic rings. The summed E-state index contributed by atoms with van der Waals surface area (Å²) in [5, 5.41) is 9.56. The number of amides is 1. The predicted molar refractivity (Wildman–Crippen MR) is 148 cm³/mol. The second kappa shape index (κ2) is 12.4. The highest BCUT2D eigenvalue weighted by Crippen LogP contribution is 2.35. The van der Waals surface area contributed by atoms with Gasteiger partial charge in [0.15, 0.2) is 0 Å². The highest BCUT2D eigenvalue weighted by atomic mass is 19.1. The Hall–Kier alpha value is -3.91. The standard InChI is InChI=1S/C29H34FN5O2/c1-4-29(36)33-24-7-5-6-23(17-24)32-26-18-28(31-19-20(26)2)34-25-9-8-22(16-27(25)37-3)21-10-13-35(14-11-21)15-12-30/h4-9,16-19,21H,1,10-15H2,2-3H3,(H,33,36)(H2,31,32,34). The number of benzene rings is 2. The summed E-state index contributed by atoms with van der Waals surface area (Å²) in [5.74, 6) is 1.62. The molecule has 0 radical (unpaired) electrons. The van der Waals surface area contributed by atoms with E-state index in [9.17, 15) is 9.18 Å². The van der Waals surface area contributed by atoms with Crippen LogP contribution in [0.5, 0.6) is 5.75 Å². The van der Waals surface area contributed by atoms with Gasteiger partial charge in [-0.1, -0.05) is 18.7 Å². The van der Waals surface area contributed by atoms with E-state index in [1.807, 2.05) is 43.3 Å². The zero-order chi connectivity index (χ0) is 26.2. The van der Waals surface area contributed by atoms with Gasteiger partial charge in [-0.3, -0.25) is 4.79 Å². The Bertz CT molecular complexity index is 1240. The van der Waals surface area contributed by atoms with Gasteiger partial charge in [0.1, 0.15) is 18.2 Å². The Balaban J connectivity index is 1.47. The molecule has 1 aliphatic heterocycles. The predicted octanol–water partition coefficient (Wildman–Crippen LogP) is 6.16. The number of carbonyl (C=O) groups excluding carboxylic acids is 1. The van der Waals surface area contributed by atoms with Gasteiger partial charge in [-0.2, -0.15) is 0 Å². The molecule has 0 saturated carbocycles. The maximum absolute atomic E-state index is 12.7. The molecule has 1 saturated heterocycles. The van der Waals surface area contributed by atoms with Gasteiger partial charge in [-0.05, 0) is 86.3 Å². The molecule has 0 atom stereocenters. The van der Waals surface area contributed by atoms with Crippen LogP contribution in [0.15, 0.2) is 67.4 Å². The molecule has 37 heavy (non-hydrogen) atoms. The number of likely N-dealkylation sites (tertiary alicyclic amines) is 1. The molecule has 0 unspecified atom stereocenters. The number of methoxy groups -OCH3 is 1. The number of hydrogen-bond donors (Lipinski definition) is 3. The van der Waals surface area contributed by atoms with Crippen LogP contribution in [0.25, 0.3) is 0 Å². The van der Waals surface area contributed by atoms with Crippen molar-refractivity contribution in [3.8, 4) is 5.75 Å². The zero-order valence-electron chi connectivity index (χ0n) is 21.4. The van der Waals surface area contributed by atoms with Gasteiger partial charge in [0.2, 0.25) is 5.91 Å². The number of nitrogens with zero attached hydrogens (tertiary/aromatic N) is 2. The first-order valence-electron chi connectivity index (χ1n) is 12.5. The fraction of sp³-hybridized carbons (Fsp3) is 0.310. The van der Waals surface area contributed by atoms with Crippen molar-refractivity contribution in [2.45, 2.75) is 25.7 Å². The van der Waals surface area contributed by atoms with E-state index >= 15 is 0 Å². The minimum absolute atomic E-state index is 0.258. The molecule has 2 aromatic carbocycles. The monoisotopic (exact) mass is 503 g/mol. The van der Waals surface area contributed by atoms with Crippen LogP contribution >= 0.6 is 0 Å². The third kappa shape index (κ3) is 6.86. The molecule has 1 aromatic heterocycles. The van der Waals surface area contributed by atoms with E-state index < -0.39 is 0 Å². The minimum Gasteiger partial charge on any atom is -0.495 e. The van der Waals surface area contributed by atoms with Gasteiger partial charge < -0.3 is 25.6 Å². The van der Waals surface area contributed by atoms with Crippen molar-refractivity contribution in [3.63, 3.8) is 0 Å². The van der Waals surface area contributed by atoms with E-state index in [2.05, 4.69) is 44.5 Å². The molecule has 1 fully saturated rings. The zero-order valence-corrected chi connectivity index (χ0v) is 21.4. The molecule has 2 heterocycles. The molecule has 0 bridgehead atoms. The topological polar surface area (TPSA) is 78.5 Å². The van der Waals surface area contributed by atoms with Crippen molar-refractivity contribution < 1.29 is 13.9 Å². The third-order valence-corrected chi connectivity index (χ3v) is 6.65. The average molecular weight is 504 g/mol. The first-order chi connectivity index (χ1) is 18.0. The number of halogens is 1. The van der Waals surface area contributed by atoms with Crippen LogP contribution in [0.3, 0.4) is 0 Å². The summed E-state index contributed by atoms with van der Waals surface area (Å²) < 4.78 is 18.4. The van der Waals surface area contributed by atoms with E-state index in [0.717, 1.165) is 54.3 Å². The number of piperidine rings is 1. The molecule has 7 nitrogen and oxygen atoms in total. The Morgan fingerprint density at radius 1 is 1.14 bits per heavy atom. The second-order valence-electron chi connectivity index (χ2n) is 9.17. The third-order valence-electron chi connectivity index (χ3n) is 6.65. The quantitative estimate of drug-likeness (QED) is 0.288. The Kier molecular flexibility index (Phi) is 8.74. The van der Waals surface area contributed by atoms with Gasteiger partial charge in [-0.25, -0.2) is 9.37 Å². The van der Waals surface area contributed by atoms with Crippen molar-refractivity contribution in [1.82, 2.24) is 9.88 Å². The SMILES string of the molecule is C=CC(=O)Nc1cccc(Nc2cc(Nc3ccc(C4CCN(CCF)CC4)cc3OC)ncc2C)c1. The van der Waals surface area contributed by atoms with Crippen LogP contribution in [-0.4, -0.2) is 49.2 Å². The lowest BCUT2D eigenvalue weighted by atomic mass is 9.89. The highest BCUT2D eigenvalue weighted by molar-refractivity contribution is 5.99. The number of carbonyl (C=O) groups is 1. The smallest absolute Gasteiger partial charge is 0.247 e. The van der Waals surface area contributed by atoms with Crippen LogP contribution in [0, 0.1) is 6.92 Å². The molecule has 0 spiro atoms. The summed E-state index contributed by atoms with van der Waals surface area (Å²) in [5.41, 5.74) is 5.45. The molecule has 8 heteroatoms. The first kappa shape index (κ1) is 26.2. The van der Waals surface area contributed by atoms with E-state index in [1.165, 1.54) is 11.6 Å². The summed E-state index contributed by atoms with van der Waals surface area (Å²) in [6.45, 7) is 7.55. The number of alkyl halides is 1. The van der Waals surface area contributed by atoms with Crippen molar-refractivity contribution in [3.05, 3.63) is 78.5 Å². The Labute approximate surface area is 217 Å². The normalized spacial score (nSPS) is 14.1. The van der Waals surface area contributed by atoms with Gasteiger partial charge >= 0.3 is 0 Å². The lowest BCUT2D eigenvalue weighted by Crippen LogP contribution is -2.34. The molecular weight excluding hydrogens is 469 g/mol. The second-order valence-corrected chi connectivity index (χ2v) is 9.17. The molecule has 3 aromatic rings. The first-order valence-corrected chi connectivity index (χ1v) is 12.5. The summed E-state index contributed by atoms with van der Waals surface area (Å²) in [6, 6.07) is 15.7. The maximum atomic E-state index is 12.7. The van der Waals surface area contributed by atoms with Crippen LogP contribution in [0.2, 0.25) is 0 Å². The van der Waals surface area contributed by atoms with Crippen molar-refractivity contribution in [2.24, 2.45) is 0 Å². The number of rotatable bonds is 10. The van der Waals surface area contributed by atoms with E-state index in [4.69, 9.17) is 4.74 Å². The number of ether oxygens (including phenoxy) is 1. The van der Waals surface area contributed by atoms with Gasteiger partial charge in [0.25, 0.3) is 0 Å². The van der Waals surface area contributed by atoms with Gasteiger partial charge in [-0.15, -0.1) is 0 Å². The lowest BCUT2D eigenvalue weighted by Gasteiger charge is -2.31. The Morgan fingerprint density at radius 2 is 1.92 bits per heavy atom. The number of nitrogens with one attached hydrogen (secondary N) is 3. The molecule has 4 rings (SSSR count). The van der Waals surface area contributed by atoms with Crippen molar-refractivity contribution in [1.29, 1.82) is 0 Å². The Morgan fingerprint density at radius 3 is 2.65 bits per heavy atom. The summed E-state index contributed by atoms with van der Waals surface area (Å²) >= 11 is 0. The summed E-state index contributed by atoms with van der Waals surface area (Å²) in [4.78, 5) is 18.4.